The van der Waals surface area contributed by atoms with Crippen molar-refractivity contribution in [1.29, 1.82) is 0 Å². The number of aliphatic hydroxyl groups excluding tert-OH is 1. The lowest BCUT2D eigenvalue weighted by Crippen LogP contribution is -2.42. The van der Waals surface area contributed by atoms with Gasteiger partial charge in [0.1, 0.15) is 23.1 Å². The van der Waals surface area contributed by atoms with E-state index < -0.39 is 6.10 Å². The van der Waals surface area contributed by atoms with Gasteiger partial charge < -0.3 is 20.6 Å². The summed E-state index contributed by atoms with van der Waals surface area (Å²) < 4.78 is 0.782. The Bertz CT molecular complexity index is 543. The third-order valence-electron chi connectivity index (χ3n) is 3.14. The summed E-state index contributed by atoms with van der Waals surface area (Å²) in [6, 6.07) is 3.84. The third kappa shape index (κ3) is 5.23. The fourth-order valence-corrected chi connectivity index (χ4v) is 2.33. The number of hydrogen-bond acceptors (Lipinski definition) is 6. The molecule has 1 aromatic heterocycles. The topological polar surface area (TPSA) is 78.8 Å². The second kappa shape index (κ2) is 7.39. The van der Waals surface area contributed by atoms with Gasteiger partial charge in [-0.3, -0.25) is 0 Å². The molecule has 1 atom stereocenters. The zero-order chi connectivity index (χ0) is 16.2. The predicted molar refractivity (Wildman–Crippen MR) is 91.3 cm³/mol. The van der Waals surface area contributed by atoms with Gasteiger partial charge in [-0.25, -0.2) is 4.98 Å². The molecule has 0 spiro atoms. The number of rotatable bonds is 5. The van der Waals surface area contributed by atoms with E-state index in [1.54, 1.807) is 0 Å². The number of hydrogen-bond donors (Lipinski definition) is 3. The van der Waals surface area contributed by atoms with Crippen LogP contribution in [0.3, 0.4) is 0 Å². The lowest BCUT2D eigenvalue weighted by atomic mass is 10.1. The molecule has 0 bridgehead atoms. The zero-order valence-electron chi connectivity index (χ0n) is 13.2. The quantitative estimate of drug-likeness (QED) is 0.546. The zero-order valence-corrected chi connectivity index (χ0v) is 14.8. The van der Waals surface area contributed by atoms with Gasteiger partial charge in [0.25, 0.3) is 0 Å². The Kier molecular flexibility index (Phi) is 5.77. The molecule has 1 aliphatic rings. The molecule has 0 fully saturated rings. The maximum Gasteiger partial charge on any atom is 0.144 e. The average molecular weight is 371 g/mol. The number of aromatic nitrogens is 1. The van der Waals surface area contributed by atoms with Crippen LogP contribution in [0.25, 0.3) is 0 Å². The van der Waals surface area contributed by atoms with Gasteiger partial charge in [-0.1, -0.05) is 5.16 Å². The van der Waals surface area contributed by atoms with Crippen molar-refractivity contribution in [2.75, 3.05) is 25.0 Å². The first-order valence-electron chi connectivity index (χ1n) is 7.38. The lowest BCUT2D eigenvalue weighted by Gasteiger charge is -2.22. The minimum atomic E-state index is -0.590. The van der Waals surface area contributed by atoms with E-state index >= 15 is 0 Å². The maximum atomic E-state index is 9.89. The smallest absolute Gasteiger partial charge is 0.144 e. The van der Waals surface area contributed by atoms with Gasteiger partial charge in [-0.2, -0.15) is 0 Å². The molecule has 6 nitrogen and oxygen atoms in total. The van der Waals surface area contributed by atoms with Crippen LogP contribution >= 0.6 is 15.9 Å². The molecule has 1 aliphatic heterocycles. The van der Waals surface area contributed by atoms with Crippen molar-refractivity contribution >= 4 is 27.5 Å². The van der Waals surface area contributed by atoms with Gasteiger partial charge >= 0.3 is 0 Å². The van der Waals surface area contributed by atoms with Crippen molar-refractivity contribution in [1.82, 2.24) is 10.3 Å². The molecule has 3 N–H and O–H groups in total. The van der Waals surface area contributed by atoms with Crippen molar-refractivity contribution in [3.05, 3.63) is 22.3 Å². The summed E-state index contributed by atoms with van der Waals surface area (Å²) in [5.41, 5.74) is 1.77. The molecule has 122 valence electrons. The third-order valence-corrected chi connectivity index (χ3v) is 3.58. The van der Waals surface area contributed by atoms with Crippen LogP contribution < -0.4 is 10.6 Å². The fraction of sp³-hybridized carbons (Fsp3) is 0.600. The minimum Gasteiger partial charge on any atom is -0.393 e. The van der Waals surface area contributed by atoms with E-state index in [1.807, 2.05) is 12.1 Å². The molecule has 0 aromatic carbocycles. The number of oxime groups is 1. The molecule has 0 saturated heterocycles. The Balaban J connectivity index is 1.89. The van der Waals surface area contributed by atoms with Crippen LogP contribution in [0.4, 0.5) is 5.82 Å². The van der Waals surface area contributed by atoms with Crippen LogP contribution in [0.15, 0.2) is 21.9 Å². The normalized spacial score (nSPS) is 17.8. The predicted octanol–water partition coefficient (Wildman–Crippen LogP) is 2.13. The van der Waals surface area contributed by atoms with Crippen molar-refractivity contribution < 1.29 is 9.94 Å². The monoisotopic (exact) mass is 370 g/mol. The van der Waals surface area contributed by atoms with Gasteiger partial charge in [0.15, 0.2) is 0 Å². The molecule has 0 unspecified atom stereocenters. The number of anilines is 1. The van der Waals surface area contributed by atoms with E-state index in [-0.39, 0.29) is 12.1 Å². The first-order chi connectivity index (χ1) is 10.3. The molecule has 22 heavy (non-hydrogen) atoms. The van der Waals surface area contributed by atoms with E-state index in [1.165, 1.54) is 0 Å². The largest absolute Gasteiger partial charge is 0.393 e. The van der Waals surface area contributed by atoms with E-state index in [9.17, 15) is 5.11 Å². The number of pyridine rings is 1. The molecule has 0 radical (unpaired) electrons. The van der Waals surface area contributed by atoms with Gasteiger partial charge in [0, 0.05) is 30.6 Å². The van der Waals surface area contributed by atoms with Crippen LogP contribution in [0.5, 0.6) is 0 Å². The second-order valence-electron chi connectivity index (χ2n) is 6.33. The van der Waals surface area contributed by atoms with Crippen LogP contribution in [0.1, 0.15) is 32.8 Å². The van der Waals surface area contributed by atoms with Crippen LogP contribution in [-0.2, 0) is 4.84 Å². The van der Waals surface area contributed by atoms with E-state index in [2.05, 4.69) is 57.5 Å². The molecule has 2 heterocycles. The highest BCUT2D eigenvalue weighted by Crippen LogP contribution is 2.22. The summed E-state index contributed by atoms with van der Waals surface area (Å²) >= 11 is 3.35. The number of nitrogens with one attached hydrogen (secondary N) is 2. The SMILES string of the molecule is CC(C)(C)NC[C@@H](O)CO/N=C1/CCNc2nc(Br)ccc21. The number of aliphatic hydroxyl groups is 1. The summed E-state index contributed by atoms with van der Waals surface area (Å²) in [5.74, 6) is 0.804. The summed E-state index contributed by atoms with van der Waals surface area (Å²) in [6.07, 6.45) is 0.180. The van der Waals surface area contributed by atoms with E-state index in [0.29, 0.717) is 6.54 Å². The van der Waals surface area contributed by atoms with Crippen molar-refractivity contribution in [3.8, 4) is 0 Å². The standard InChI is InChI=1S/C15H23BrN4O2/c1-15(2,3)18-8-10(21)9-22-20-12-6-7-17-14-11(12)4-5-13(16)19-14/h4-5,10,18,21H,6-9H2,1-3H3,(H,17,19)/b20-12-/t10-/m1/s1. The van der Waals surface area contributed by atoms with Crippen LogP contribution in [-0.4, -0.2) is 47.1 Å². The van der Waals surface area contributed by atoms with Gasteiger partial charge in [-0.15, -0.1) is 0 Å². The Hall–Kier alpha value is -1.18. The van der Waals surface area contributed by atoms with E-state index in [4.69, 9.17) is 4.84 Å². The summed E-state index contributed by atoms with van der Waals surface area (Å²) in [7, 11) is 0. The Labute approximate surface area is 139 Å². The summed E-state index contributed by atoms with van der Waals surface area (Å²) in [4.78, 5) is 9.69. The first-order valence-corrected chi connectivity index (χ1v) is 8.17. The minimum absolute atomic E-state index is 0.0279. The summed E-state index contributed by atoms with van der Waals surface area (Å²) in [6.45, 7) is 7.57. The lowest BCUT2D eigenvalue weighted by molar-refractivity contribution is 0.0371. The molecule has 2 rings (SSSR count). The Morgan fingerprint density at radius 2 is 2.27 bits per heavy atom. The highest BCUT2D eigenvalue weighted by atomic mass is 79.9. The maximum absolute atomic E-state index is 9.89. The molecule has 1 aromatic rings. The van der Waals surface area contributed by atoms with E-state index in [0.717, 1.165) is 34.7 Å². The molecule has 0 amide bonds. The number of fused-ring (bicyclic) bond motifs is 1. The number of nitrogens with zero attached hydrogens (tertiary/aromatic N) is 2. The van der Waals surface area contributed by atoms with Crippen LogP contribution in [0, 0.1) is 0 Å². The summed E-state index contributed by atoms with van der Waals surface area (Å²) in [5, 5.41) is 20.5. The van der Waals surface area contributed by atoms with Gasteiger partial charge in [0.05, 0.1) is 5.71 Å². The van der Waals surface area contributed by atoms with Gasteiger partial charge in [0.2, 0.25) is 0 Å². The highest BCUT2D eigenvalue weighted by molar-refractivity contribution is 9.10. The molecular formula is C15H23BrN4O2. The van der Waals surface area contributed by atoms with Crippen molar-refractivity contribution in [2.45, 2.75) is 38.8 Å². The number of β-amino-alcohol motifs (C(OH)–C–C–N with tert-alkyl or cyclic N) is 1. The fourth-order valence-electron chi connectivity index (χ4n) is 2.02. The van der Waals surface area contributed by atoms with Crippen molar-refractivity contribution in [2.24, 2.45) is 5.16 Å². The Morgan fingerprint density at radius 1 is 1.50 bits per heavy atom. The van der Waals surface area contributed by atoms with Crippen molar-refractivity contribution in [3.63, 3.8) is 0 Å². The average Bonchev–Trinajstić information content (AvgIpc) is 2.44. The molecule has 0 saturated carbocycles. The first kappa shape index (κ1) is 17.2. The second-order valence-corrected chi connectivity index (χ2v) is 7.14. The molecule has 7 heteroatoms. The van der Waals surface area contributed by atoms with Gasteiger partial charge in [-0.05, 0) is 48.8 Å². The molecular weight excluding hydrogens is 348 g/mol. The Morgan fingerprint density at radius 3 is 3.00 bits per heavy atom. The number of halogens is 1. The molecule has 0 aliphatic carbocycles. The van der Waals surface area contributed by atoms with Crippen LogP contribution in [0.2, 0.25) is 0 Å². The highest BCUT2D eigenvalue weighted by Gasteiger charge is 2.18.